The lowest BCUT2D eigenvalue weighted by Gasteiger charge is -2.22. The van der Waals surface area contributed by atoms with Crippen molar-refractivity contribution in [3.63, 3.8) is 0 Å². The molecule has 1 N–H and O–H groups in total. The van der Waals surface area contributed by atoms with Crippen molar-refractivity contribution in [1.82, 2.24) is 5.32 Å². The molecule has 5 heteroatoms. The maximum absolute atomic E-state index is 11.9. The van der Waals surface area contributed by atoms with Crippen molar-refractivity contribution in [1.29, 1.82) is 0 Å². The maximum atomic E-state index is 11.9. The van der Waals surface area contributed by atoms with Crippen LogP contribution in [0.5, 0.6) is 0 Å². The van der Waals surface area contributed by atoms with E-state index in [-0.39, 0.29) is 24.8 Å². The van der Waals surface area contributed by atoms with Crippen molar-refractivity contribution in [2.24, 2.45) is 0 Å². The van der Waals surface area contributed by atoms with Gasteiger partial charge in [0.25, 0.3) is 0 Å². The Morgan fingerprint density at radius 3 is 3.00 bits per heavy atom. The van der Waals surface area contributed by atoms with Gasteiger partial charge in [-0.15, -0.1) is 0 Å². The molecule has 0 bridgehead atoms. The summed E-state index contributed by atoms with van der Waals surface area (Å²) in [7, 11) is 0. The molecule has 0 radical (unpaired) electrons. The molecule has 0 saturated carbocycles. The molecule has 2 unspecified atom stereocenters. The van der Waals surface area contributed by atoms with Crippen molar-refractivity contribution >= 4 is 5.97 Å². The van der Waals surface area contributed by atoms with Gasteiger partial charge in [0.2, 0.25) is 0 Å². The van der Waals surface area contributed by atoms with E-state index in [2.05, 4.69) is 24.0 Å². The van der Waals surface area contributed by atoms with Gasteiger partial charge in [-0.1, -0.05) is 12.7 Å². The SMILES string of the molecule is C=CN[C@H]1COCC(OC2=CCCC=C2)CC(C)OC1=O. The molecule has 0 spiro atoms. The van der Waals surface area contributed by atoms with Crippen LogP contribution in [0, 0.1) is 0 Å². The highest BCUT2D eigenvalue weighted by atomic mass is 16.6. The molecule has 0 aromatic heterocycles. The van der Waals surface area contributed by atoms with Gasteiger partial charge in [-0.25, -0.2) is 4.79 Å². The first-order valence-electron chi connectivity index (χ1n) is 7.37. The summed E-state index contributed by atoms with van der Waals surface area (Å²) in [4.78, 5) is 11.9. The number of esters is 1. The van der Waals surface area contributed by atoms with Crippen LogP contribution in [0.2, 0.25) is 0 Å². The summed E-state index contributed by atoms with van der Waals surface area (Å²) in [5.74, 6) is 0.549. The fraction of sp³-hybridized carbons (Fsp3) is 0.562. The van der Waals surface area contributed by atoms with E-state index in [1.807, 2.05) is 13.0 Å². The first-order valence-corrected chi connectivity index (χ1v) is 7.37. The number of carbonyl (C=O) groups excluding carboxylic acids is 1. The minimum absolute atomic E-state index is 0.121. The number of rotatable bonds is 4. The minimum atomic E-state index is -0.516. The van der Waals surface area contributed by atoms with E-state index in [0.717, 1.165) is 18.6 Å². The molecule has 0 aromatic carbocycles. The van der Waals surface area contributed by atoms with E-state index in [1.165, 1.54) is 6.20 Å². The highest BCUT2D eigenvalue weighted by molar-refractivity contribution is 5.76. The summed E-state index contributed by atoms with van der Waals surface area (Å²) in [6, 6.07) is -0.516. The van der Waals surface area contributed by atoms with Crippen LogP contribution in [0.15, 0.2) is 36.8 Å². The topological polar surface area (TPSA) is 56.8 Å². The van der Waals surface area contributed by atoms with Crippen LogP contribution in [0.4, 0.5) is 0 Å². The molecule has 1 aliphatic carbocycles. The Kier molecular flexibility index (Phi) is 5.87. The smallest absolute Gasteiger partial charge is 0.331 e. The monoisotopic (exact) mass is 293 g/mol. The molecule has 0 aromatic rings. The zero-order valence-electron chi connectivity index (χ0n) is 12.4. The second kappa shape index (κ2) is 7.88. The summed E-state index contributed by atoms with van der Waals surface area (Å²) >= 11 is 0. The fourth-order valence-corrected chi connectivity index (χ4v) is 2.36. The molecule has 21 heavy (non-hydrogen) atoms. The Hall–Kier alpha value is -1.75. The number of cyclic esters (lactones) is 1. The van der Waals surface area contributed by atoms with Crippen molar-refractivity contribution in [2.45, 2.75) is 44.4 Å². The molecular weight excluding hydrogens is 270 g/mol. The highest BCUT2D eigenvalue weighted by Crippen LogP contribution is 2.18. The van der Waals surface area contributed by atoms with Gasteiger partial charge < -0.3 is 19.5 Å². The molecule has 5 nitrogen and oxygen atoms in total. The predicted molar refractivity (Wildman–Crippen MR) is 79.4 cm³/mol. The Balaban J connectivity index is 1.95. The van der Waals surface area contributed by atoms with E-state index in [4.69, 9.17) is 14.2 Å². The standard InChI is InChI=1S/C16H23NO4/c1-3-17-15-11-19-10-14(9-12(2)20-16(15)18)21-13-7-5-4-6-8-13/h3,5,7-8,12,14-15,17H,1,4,6,9-11H2,2H3/t12?,14?,15-/m0/s1. The fourth-order valence-electron chi connectivity index (χ4n) is 2.36. The molecule has 2 rings (SSSR count). The van der Waals surface area contributed by atoms with Crippen LogP contribution in [0.3, 0.4) is 0 Å². The van der Waals surface area contributed by atoms with Crippen molar-refractivity contribution < 1.29 is 19.0 Å². The number of allylic oxidation sites excluding steroid dienone is 3. The lowest BCUT2D eigenvalue weighted by Crippen LogP contribution is -2.39. The average Bonchev–Trinajstić information content (AvgIpc) is 2.52. The first kappa shape index (κ1) is 15.6. The van der Waals surface area contributed by atoms with Crippen LogP contribution in [-0.4, -0.2) is 37.4 Å². The maximum Gasteiger partial charge on any atom is 0.331 e. The minimum Gasteiger partial charge on any atom is -0.488 e. The average molecular weight is 293 g/mol. The Labute approximate surface area is 125 Å². The predicted octanol–water partition coefficient (Wildman–Crippen LogP) is 2.06. The van der Waals surface area contributed by atoms with Gasteiger partial charge >= 0.3 is 5.97 Å². The molecule has 0 amide bonds. The van der Waals surface area contributed by atoms with E-state index >= 15 is 0 Å². The molecule has 116 valence electrons. The molecule has 2 aliphatic rings. The van der Waals surface area contributed by atoms with Crippen LogP contribution >= 0.6 is 0 Å². The van der Waals surface area contributed by atoms with Gasteiger partial charge in [-0.3, -0.25) is 0 Å². The van der Waals surface area contributed by atoms with Gasteiger partial charge in [0.05, 0.1) is 13.2 Å². The summed E-state index contributed by atoms with van der Waals surface area (Å²) in [5, 5.41) is 2.85. The van der Waals surface area contributed by atoms with Gasteiger partial charge in [0, 0.05) is 6.42 Å². The number of hydrogen-bond acceptors (Lipinski definition) is 5. The van der Waals surface area contributed by atoms with Crippen LogP contribution in [0.1, 0.15) is 26.2 Å². The third-order valence-corrected chi connectivity index (χ3v) is 3.37. The van der Waals surface area contributed by atoms with Crippen LogP contribution in [0.25, 0.3) is 0 Å². The number of nitrogens with one attached hydrogen (secondary N) is 1. The summed E-state index contributed by atoms with van der Waals surface area (Å²) in [6.45, 7) is 6.11. The quantitative estimate of drug-likeness (QED) is 0.804. The normalized spacial score (nSPS) is 30.2. The van der Waals surface area contributed by atoms with E-state index in [9.17, 15) is 4.79 Å². The van der Waals surface area contributed by atoms with E-state index in [0.29, 0.717) is 13.0 Å². The molecule has 1 heterocycles. The Morgan fingerprint density at radius 2 is 2.29 bits per heavy atom. The third-order valence-electron chi connectivity index (χ3n) is 3.37. The van der Waals surface area contributed by atoms with Crippen LogP contribution in [-0.2, 0) is 19.0 Å². The number of carbonyl (C=O) groups is 1. The summed E-state index contributed by atoms with van der Waals surface area (Å²) in [5.41, 5.74) is 0. The molecule has 1 fully saturated rings. The van der Waals surface area contributed by atoms with Gasteiger partial charge in [0.15, 0.2) is 0 Å². The lowest BCUT2D eigenvalue weighted by atomic mass is 10.1. The van der Waals surface area contributed by atoms with E-state index in [1.54, 1.807) is 0 Å². The van der Waals surface area contributed by atoms with Gasteiger partial charge in [0.1, 0.15) is 24.0 Å². The largest absolute Gasteiger partial charge is 0.488 e. The summed E-state index contributed by atoms with van der Waals surface area (Å²) in [6.07, 6.45) is 9.95. The number of ether oxygens (including phenoxy) is 3. The Morgan fingerprint density at radius 1 is 1.43 bits per heavy atom. The molecular formula is C16H23NO4. The third kappa shape index (κ3) is 4.93. The molecule has 1 saturated heterocycles. The second-order valence-corrected chi connectivity index (χ2v) is 5.27. The lowest BCUT2D eigenvalue weighted by molar-refractivity contribution is -0.151. The van der Waals surface area contributed by atoms with Crippen LogP contribution < -0.4 is 5.32 Å². The molecule has 1 aliphatic heterocycles. The second-order valence-electron chi connectivity index (χ2n) is 5.27. The van der Waals surface area contributed by atoms with Gasteiger partial charge in [-0.05, 0) is 38.1 Å². The molecule has 3 atom stereocenters. The van der Waals surface area contributed by atoms with E-state index < -0.39 is 6.04 Å². The van der Waals surface area contributed by atoms with Gasteiger partial charge in [-0.2, -0.15) is 0 Å². The van der Waals surface area contributed by atoms with Crippen molar-refractivity contribution in [3.05, 3.63) is 36.8 Å². The number of hydrogen-bond donors (Lipinski definition) is 1. The van der Waals surface area contributed by atoms with Crippen molar-refractivity contribution in [2.75, 3.05) is 13.2 Å². The zero-order valence-corrected chi connectivity index (χ0v) is 12.4. The Bertz CT molecular complexity index is 430. The first-order chi connectivity index (χ1) is 10.2. The highest BCUT2D eigenvalue weighted by Gasteiger charge is 2.27. The van der Waals surface area contributed by atoms with Crippen molar-refractivity contribution in [3.8, 4) is 0 Å². The zero-order chi connectivity index (χ0) is 15.1. The summed E-state index contributed by atoms with van der Waals surface area (Å²) < 4.78 is 17.0.